The quantitative estimate of drug-likeness (QED) is 0.247. The van der Waals surface area contributed by atoms with Crippen LogP contribution < -0.4 is 10.6 Å². The largest absolute Gasteiger partial charge is 0.481 e. The number of carbonyl (C=O) groups excluding carboxylic acids is 3. The lowest BCUT2D eigenvalue weighted by Gasteiger charge is -2.62. The van der Waals surface area contributed by atoms with Gasteiger partial charge in [0.2, 0.25) is 0 Å². The Kier molecular flexibility index (Phi) is 9.43. The zero-order valence-electron chi connectivity index (χ0n) is 30.3. The first kappa shape index (κ1) is 35.5. The summed E-state index contributed by atoms with van der Waals surface area (Å²) in [6.45, 7) is 11.3. The Labute approximate surface area is 301 Å². The normalized spacial score (nSPS) is 40.5. The summed E-state index contributed by atoms with van der Waals surface area (Å²) < 4.78 is 6.19. The minimum Gasteiger partial charge on any atom is -0.481 e. The summed E-state index contributed by atoms with van der Waals surface area (Å²) in [5, 5.41) is 16.5. The van der Waals surface area contributed by atoms with Crippen molar-refractivity contribution in [3.8, 4) is 0 Å². The SMILES string of the molecule is CC(C)C1=C2C3CCC4C(CCC5C(C)C(OC(=O)C6CC(C(=O)O)C6C)CCC54C)C3CCC2(NC(=O)NCc2ccc(Cl)cc2)CC1=O. The van der Waals surface area contributed by atoms with E-state index < -0.39 is 17.4 Å². The number of carboxylic acid groups (broad SMARTS) is 1. The number of Topliss-reactive ketones (excluding diaryl/α,β-unsaturated/α-hetero) is 1. The van der Waals surface area contributed by atoms with E-state index in [1.165, 1.54) is 5.57 Å². The number of hydrogen-bond donors (Lipinski definition) is 3. The number of carbonyl (C=O) groups is 4. The number of nitrogens with one attached hydrogen (secondary N) is 2. The second-order valence-corrected chi connectivity index (χ2v) is 17.9. The first-order valence-electron chi connectivity index (χ1n) is 19.3. The third kappa shape index (κ3) is 5.89. The summed E-state index contributed by atoms with van der Waals surface area (Å²) in [6, 6.07) is 7.24. The molecule has 0 bridgehead atoms. The summed E-state index contributed by atoms with van der Waals surface area (Å²) in [5.74, 6) is 1.07. The van der Waals surface area contributed by atoms with Gasteiger partial charge in [-0.3, -0.25) is 14.4 Å². The van der Waals surface area contributed by atoms with Crippen LogP contribution in [0.1, 0.15) is 104 Å². The van der Waals surface area contributed by atoms with Crippen LogP contribution in [-0.4, -0.2) is 40.5 Å². The number of ether oxygens (including phenoxy) is 1. The fourth-order valence-electron chi connectivity index (χ4n) is 12.3. The molecule has 5 saturated carbocycles. The van der Waals surface area contributed by atoms with Crippen LogP contribution >= 0.6 is 11.6 Å². The van der Waals surface area contributed by atoms with Crippen molar-refractivity contribution in [3.05, 3.63) is 46.0 Å². The topological polar surface area (TPSA) is 122 Å². The van der Waals surface area contributed by atoms with Crippen LogP contribution in [0, 0.1) is 64.6 Å². The average molecular weight is 707 g/mol. The maximum Gasteiger partial charge on any atom is 0.315 e. The van der Waals surface area contributed by atoms with Gasteiger partial charge in [0.25, 0.3) is 0 Å². The maximum atomic E-state index is 13.7. The van der Waals surface area contributed by atoms with Gasteiger partial charge in [-0.1, -0.05) is 58.4 Å². The Morgan fingerprint density at radius 3 is 2.34 bits per heavy atom. The molecule has 50 heavy (non-hydrogen) atoms. The molecule has 8 nitrogen and oxygen atoms in total. The highest BCUT2D eigenvalue weighted by Crippen LogP contribution is 2.66. The molecule has 2 amide bonds. The van der Waals surface area contributed by atoms with Gasteiger partial charge in [0.05, 0.1) is 17.4 Å². The number of carboxylic acids is 1. The van der Waals surface area contributed by atoms with Gasteiger partial charge >= 0.3 is 18.0 Å². The molecule has 0 aromatic heterocycles. The van der Waals surface area contributed by atoms with Gasteiger partial charge < -0.3 is 20.5 Å². The Morgan fingerprint density at radius 1 is 0.940 bits per heavy atom. The highest BCUT2D eigenvalue weighted by atomic mass is 35.5. The summed E-state index contributed by atoms with van der Waals surface area (Å²) in [7, 11) is 0. The zero-order chi connectivity index (χ0) is 35.7. The number of esters is 1. The molecule has 0 heterocycles. The van der Waals surface area contributed by atoms with Crippen LogP contribution in [0.2, 0.25) is 5.02 Å². The molecule has 1 aromatic carbocycles. The summed E-state index contributed by atoms with van der Waals surface area (Å²) >= 11 is 6.05. The van der Waals surface area contributed by atoms with E-state index in [-0.39, 0.29) is 53.0 Å². The fraction of sp³-hybridized carbons (Fsp3) is 0.707. The molecule has 0 spiro atoms. The molecule has 6 aliphatic rings. The van der Waals surface area contributed by atoms with E-state index in [1.807, 2.05) is 31.2 Å². The van der Waals surface area contributed by atoms with Crippen LogP contribution in [0.5, 0.6) is 0 Å². The van der Waals surface area contributed by atoms with Gasteiger partial charge in [0.1, 0.15) is 6.10 Å². The van der Waals surface area contributed by atoms with Crippen molar-refractivity contribution in [2.45, 2.75) is 117 Å². The Hall–Kier alpha value is -2.87. The maximum absolute atomic E-state index is 13.7. The lowest BCUT2D eigenvalue weighted by Crippen LogP contribution is -2.60. The molecule has 272 valence electrons. The molecule has 5 fully saturated rings. The van der Waals surface area contributed by atoms with E-state index >= 15 is 0 Å². The molecule has 1 aromatic rings. The monoisotopic (exact) mass is 706 g/mol. The number of urea groups is 1. The van der Waals surface area contributed by atoms with Gasteiger partial charge in [0.15, 0.2) is 5.78 Å². The van der Waals surface area contributed by atoms with E-state index in [1.54, 1.807) is 0 Å². The number of benzene rings is 1. The fourth-order valence-corrected chi connectivity index (χ4v) is 12.4. The highest BCUT2D eigenvalue weighted by Gasteiger charge is 2.61. The van der Waals surface area contributed by atoms with Crippen LogP contribution in [0.4, 0.5) is 4.79 Å². The molecule has 7 rings (SSSR count). The molecule has 0 radical (unpaired) electrons. The predicted octanol–water partition coefficient (Wildman–Crippen LogP) is 7.97. The molecule has 6 aliphatic carbocycles. The van der Waals surface area contributed by atoms with Crippen LogP contribution in [-0.2, 0) is 25.7 Å². The van der Waals surface area contributed by atoms with Gasteiger partial charge in [-0.2, -0.15) is 0 Å². The van der Waals surface area contributed by atoms with Crippen molar-refractivity contribution in [3.63, 3.8) is 0 Å². The Balaban J connectivity index is 1.05. The molecule has 12 atom stereocenters. The first-order valence-corrected chi connectivity index (χ1v) is 19.6. The number of allylic oxidation sites excluding steroid dienone is 1. The van der Waals surface area contributed by atoms with E-state index in [0.717, 1.165) is 62.5 Å². The Morgan fingerprint density at radius 2 is 1.66 bits per heavy atom. The van der Waals surface area contributed by atoms with Crippen molar-refractivity contribution >= 4 is 35.4 Å². The molecule has 3 N–H and O–H groups in total. The van der Waals surface area contributed by atoms with Crippen molar-refractivity contribution in [2.75, 3.05) is 0 Å². The van der Waals surface area contributed by atoms with E-state index in [0.29, 0.717) is 54.0 Å². The number of amides is 2. The first-order chi connectivity index (χ1) is 23.7. The number of fused-ring (bicyclic) bond motifs is 7. The molecule has 0 saturated heterocycles. The van der Waals surface area contributed by atoms with Gasteiger partial charge in [-0.05, 0) is 139 Å². The van der Waals surface area contributed by atoms with Crippen LogP contribution in [0.3, 0.4) is 0 Å². The summed E-state index contributed by atoms with van der Waals surface area (Å²) in [6.07, 6.45) is 8.75. The minimum absolute atomic E-state index is 0.111. The molecule has 0 aliphatic heterocycles. The van der Waals surface area contributed by atoms with Crippen molar-refractivity contribution in [2.24, 2.45) is 64.6 Å². The standard InChI is InChI=1S/C41H55ClN2O6/c1-21(2)35-33(45)19-41(44-39(49)43-20-24-6-8-25(42)9-7-24)17-14-26-27-10-12-31-23(4)34(50-38(48)30-18-29(22(30)3)37(46)47)15-16-40(31,5)32(27)13-11-28(26)36(35)41/h6-9,21-23,26-32,34H,10-20H2,1-5H3,(H,46,47)(H2,43,44,49). The summed E-state index contributed by atoms with van der Waals surface area (Å²) in [4.78, 5) is 51.8. The number of rotatable bonds is 7. The molecular weight excluding hydrogens is 652 g/mol. The number of ketones is 1. The molecule has 9 heteroatoms. The van der Waals surface area contributed by atoms with Crippen molar-refractivity contribution in [1.29, 1.82) is 0 Å². The van der Waals surface area contributed by atoms with Gasteiger partial charge in [-0.25, -0.2) is 4.79 Å². The van der Waals surface area contributed by atoms with E-state index in [9.17, 15) is 24.3 Å². The van der Waals surface area contributed by atoms with Gasteiger partial charge in [0, 0.05) is 18.0 Å². The third-order valence-corrected chi connectivity index (χ3v) is 15.1. The highest BCUT2D eigenvalue weighted by molar-refractivity contribution is 6.30. The Bertz CT molecular complexity index is 1570. The molecular formula is C41H55ClN2O6. The zero-order valence-corrected chi connectivity index (χ0v) is 31.1. The van der Waals surface area contributed by atoms with Gasteiger partial charge in [-0.15, -0.1) is 0 Å². The summed E-state index contributed by atoms with van der Waals surface area (Å²) in [5.41, 5.74) is 2.72. The molecule has 12 unspecified atom stereocenters. The smallest absolute Gasteiger partial charge is 0.315 e. The number of halogens is 1. The number of hydrogen-bond acceptors (Lipinski definition) is 5. The minimum atomic E-state index is -0.818. The van der Waals surface area contributed by atoms with Crippen LogP contribution in [0.15, 0.2) is 35.4 Å². The van der Waals surface area contributed by atoms with E-state index in [2.05, 4.69) is 38.3 Å². The lowest BCUT2D eigenvalue weighted by molar-refractivity contribution is -0.184. The lowest BCUT2D eigenvalue weighted by atomic mass is 9.43. The third-order valence-electron chi connectivity index (χ3n) is 14.9. The number of aliphatic carboxylic acids is 1. The van der Waals surface area contributed by atoms with Crippen LogP contribution in [0.25, 0.3) is 0 Å². The average Bonchev–Trinajstić information content (AvgIpc) is 3.36. The second kappa shape index (κ2) is 13.3. The van der Waals surface area contributed by atoms with E-state index in [4.69, 9.17) is 16.3 Å². The van der Waals surface area contributed by atoms with Crippen molar-refractivity contribution in [1.82, 2.24) is 10.6 Å². The van der Waals surface area contributed by atoms with Crippen molar-refractivity contribution < 1.29 is 29.0 Å². The predicted molar refractivity (Wildman–Crippen MR) is 191 cm³/mol. The second-order valence-electron chi connectivity index (χ2n) is 17.5.